The molecular weight excluding hydrogens is 196 g/mol. The van der Waals surface area contributed by atoms with Gasteiger partial charge in [-0.05, 0) is 13.0 Å². The molecular formula is C10H14N2O3. The number of aliphatic hydroxyl groups excluding tert-OH is 1. The van der Waals surface area contributed by atoms with Crippen molar-refractivity contribution >= 4 is 11.7 Å². The van der Waals surface area contributed by atoms with Crippen LogP contribution in [0.5, 0.6) is 0 Å². The monoisotopic (exact) mass is 210 g/mol. The molecule has 0 atom stereocenters. The van der Waals surface area contributed by atoms with Crippen LogP contribution in [0, 0.1) is 0 Å². The lowest BCUT2D eigenvalue weighted by Gasteiger charge is -2.23. The fourth-order valence-electron chi connectivity index (χ4n) is 1.40. The second-order valence-electron chi connectivity index (χ2n) is 3.00. The Balaban J connectivity index is 3.04. The molecule has 0 aliphatic heterocycles. The molecule has 0 fully saturated rings. The predicted octanol–water partition coefficient (Wildman–Crippen LogP) is 0.598. The van der Waals surface area contributed by atoms with Gasteiger partial charge in [0.25, 0.3) is 0 Å². The van der Waals surface area contributed by atoms with E-state index in [1.54, 1.807) is 17.2 Å². The highest BCUT2D eigenvalue weighted by atomic mass is 16.4. The molecule has 0 saturated heterocycles. The summed E-state index contributed by atoms with van der Waals surface area (Å²) < 4.78 is 0. The number of rotatable bonds is 5. The maximum atomic E-state index is 10.9. The van der Waals surface area contributed by atoms with E-state index in [1.807, 2.05) is 6.92 Å². The lowest BCUT2D eigenvalue weighted by atomic mass is 10.2. The Kier molecular flexibility index (Phi) is 4.05. The van der Waals surface area contributed by atoms with Crippen LogP contribution in [-0.4, -0.2) is 40.9 Å². The Bertz CT molecular complexity index is 341. The molecule has 0 spiro atoms. The lowest BCUT2D eigenvalue weighted by Crippen LogP contribution is -2.27. The number of pyridine rings is 1. The van der Waals surface area contributed by atoms with Crippen molar-refractivity contribution in [2.24, 2.45) is 0 Å². The highest BCUT2D eigenvalue weighted by Gasteiger charge is 2.14. The summed E-state index contributed by atoms with van der Waals surface area (Å²) in [7, 11) is 0. The van der Waals surface area contributed by atoms with E-state index >= 15 is 0 Å². The maximum Gasteiger partial charge on any atom is 0.339 e. The number of aromatic nitrogens is 1. The minimum atomic E-state index is -1.01. The molecule has 15 heavy (non-hydrogen) atoms. The summed E-state index contributed by atoms with van der Waals surface area (Å²) in [4.78, 5) is 16.5. The van der Waals surface area contributed by atoms with Crippen LogP contribution in [0.25, 0.3) is 0 Å². The van der Waals surface area contributed by atoms with E-state index in [4.69, 9.17) is 10.2 Å². The normalized spacial score (nSPS) is 10.0. The minimum absolute atomic E-state index is 0.00474. The zero-order valence-corrected chi connectivity index (χ0v) is 8.55. The molecule has 0 aliphatic rings. The molecule has 2 N–H and O–H groups in total. The topological polar surface area (TPSA) is 73.7 Å². The number of hydrogen-bond acceptors (Lipinski definition) is 4. The second kappa shape index (κ2) is 5.31. The third kappa shape index (κ3) is 2.66. The molecule has 0 aliphatic carbocycles. The first-order valence-corrected chi connectivity index (χ1v) is 4.73. The van der Waals surface area contributed by atoms with Gasteiger partial charge in [-0.2, -0.15) is 0 Å². The van der Waals surface area contributed by atoms with Crippen LogP contribution < -0.4 is 4.90 Å². The number of aromatic carboxylic acids is 1. The zero-order valence-electron chi connectivity index (χ0n) is 8.55. The molecule has 1 rings (SSSR count). The smallest absolute Gasteiger partial charge is 0.339 e. The molecule has 1 aromatic heterocycles. The third-order valence-electron chi connectivity index (χ3n) is 2.12. The maximum absolute atomic E-state index is 10.9. The number of aliphatic hydroxyl groups is 1. The number of hydrogen-bond donors (Lipinski definition) is 2. The van der Waals surface area contributed by atoms with Crippen LogP contribution in [0.3, 0.4) is 0 Å². The first-order valence-electron chi connectivity index (χ1n) is 4.73. The summed E-state index contributed by atoms with van der Waals surface area (Å²) in [6.07, 6.45) is 2.86. The van der Waals surface area contributed by atoms with Gasteiger partial charge >= 0.3 is 5.97 Å². The van der Waals surface area contributed by atoms with Gasteiger partial charge in [-0.3, -0.25) is 4.98 Å². The van der Waals surface area contributed by atoms with Crippen molar-refractivity contribution in [3.05, 3.63) is 24.0 Å². The van der Waals surface area contributed by atoms with Crippen molar-refractivity contribution in [3.63, 3.8) is 0 Å². The first-order chi connectivity index (χ1) is 7.20. The molecule has 0 radical (unpaired) electrons. The van der Waals surface area contributed by atoms with Gasteiger partial charge < -0.3 is 15.1 Å². The zero-order chi connectivity index (χ0) is 11.3. The molecule has 82 valence electrons. The van der Waals surface area contributed by atoms with E-state index in [2.05, 4.69) is 4.98 Å². The van der Waals surface area contributed by atoms with E-state index in [9.17, 15) is 4.79 Å². The van der Waals surface area contributed by atoms with Crippen LogP contribution in [0.1, 0.15) is 17.3 Å². The van der Waals surface area contributed by atoms with Crippen molar-refractivity contribution in [1.29, 1.82) is 0 Å². The Labute approximate surface area is 88.0 Å². The van der Waals surface area contributed by atoms with Crippen LogP contribution in [0.15, 0.2) is 18.5 Å². The fourth-order valence-corrected chi connectivity index (χ4v) is 1.40. The van der Waals surface area contributed by atoms with Gasteiger partial charge in [0, 0.05) is 25.5 Å². The van der Waals surface area contributed by atoms with Crippen molar-refractivity contribution in [1.82, 2.24) is 4.98 Å². The number of carbonyl (C=O) groups is 1. The molecule has 0 bridgehead atoms. The van der Waals surface area contributed by atoms with Crippen LogP contribution >= 0.6 is 0 Å². The van der Waals surface area contributed by atoms with Crippen LogP contribution in [0.2, 0.25) is 0 Å². The molecule has 0 unspecified atom stereocenters. The summed E-state index contributed by atoms with van der Waals surface area (Å²) >= 11 is 0. The molecule has 1 aromatic rings. The molecule has 5 nitrogen and oxygen atoms in total. The summed E-state index contributed by atoms with van der Waals surface area (Å²) in [5.41, 5.74) is 0.752. The van der Waals surface area contributed by atoms with E-state index in [0.717, 1.165) is 0 Å². The molecule has 5 heteroatoms. The standard InChI is InChI=1S/C10H14N2O3/c1-2-12(5-6-13)9-3-4-11-7-8(9)10(14)15/h3-4,7,13H,2,5-6H2,1H3,(H,14,15). The molecule has 0 amide bonds. The molecule has 1 heterocycles. The molecule has 0 aromatic carbocycles. The van der Waals surface area contributed by atoms with Gasteiger partial charge in [0.15, 0.2) is 0 Å². The van der Waals surface area contributed by atoms with Crippen LogP contribution in [-0.2, 0) is 0 Å². The summed E-state index contributed by atoms with van der Waals surface area (Å²) in [6.45, 7) is 2.96. The van der Waals surface area contributed by atoms with E-state index in [0.29, 0.717) is 18.8 Å². The van der Waals surface area contributed by atoms with Gasteiger partial charge in [-0.15, -0.1) is 0 Å². The first kappa shape index (κ1) is 11.5. The SMILES string of the molecule is CCN(CCO)c1ccncc1C(=O)O. The fraction of sp³-hybridized carbons (Fsp3) is 0.400. The number of carboxylic acid groups (broad SMARTS) is 1. The number of carboxylic acids is 1. The van der Waals surface area contributed by atoms with Crippen molar-refractivity contribution in [3.8, 4) is 0 Å². The van der Waals surface area contributed by atoms with Crippen molar-refractivity contribution in [2.45, 2.75) is 6.92 Å². The Morgan fingerprint density at radius 2 is 2.33 bits per heavy atom. The Morgan fingerprint density at radius 3 is 2.87 bits per heavy atom. The average Bonchev–Trinajstić information content (AvgIpc) is 2.26. The van der Waals surface area contributed by atoms with E-state index < -0.39 is 5.97 Å². The van der Waals surface area contributed by atoms with Crippen molar-refractivity contribution in [2.75, 3.05) is 24.6 Å². The van der Waals surface area contributed by atoms with E-state index in [-0.39, 0.29) is 12.2 Å². The lowest BCUT2D eigenvalue weighted by molar-refractivity contribution is 0.0697. The predicted molar refractivity (Wildman–Crippen MR) is 56.2 cm³/mol. The van der Waals surface area contributed by atoms with Crippen LogP contribution in [0.4, 0.5) is 5.69 Å². The van der Waals surface area contributed by atoms with Gasteiger partial charge in [-0.1, -0.05) is 0 Å². The second-order valence-corrected chi connectivity index (χ2v) is 3.00. The quantitative estimate of drug-likeness (QED) is 0.744. The Hall–Kier alpha value is -1.62. The number of nitrogens with zero attached hydrogens (tertiary/aromatic N) is 2. The molecule has 0 saturated carbocycles. The number of anilines is 1. The highest BCUT2D eigenvalue weighted by Crippen LogP contribution is 2.18. The average molecular weight is 210 g/mol. The summed E-state index contributed by atoms with van der Waals surface area (Å²) in [6, 6.07) is 1.64. The van der Waals surface area contributed by atoms with E-state index in [1.165, 1.54) is 6.20 Å². The summed E-state index contributed by atoms with van der Waals surface area (Å²) in [5.74, 6) is -1.01. The highest BCUT2D eigenvalue weighted by molar-refractivity contribution is 5.94. The minimum Gasteiger partial charge on any atom is -0.478 e. The largest absolute Gasteiger partial charge is 0.478 e. The van der Waals surface area contributed by atoms with Gasteiger partial charge in [0.2, 0.25) is 0 Å². The van der Waals surface area contributed by atoms with Crippen molar-refractivity contribution < 1.29 is 15.0 Å². The Morgan fingerprint density at radius 1 is 1.60 bits per heavy atom. The third-order valence-corrected chi connectivity index (χ3v) is 2.12. The van der Waals surface area contributed by atoms with Gasteiger partial charge in [0.1, 0.15) is 5.56 Å². The van der Waals surface area contributed by atoms with Gasteiger partial charge in [0.05, 0.1) is 12.3 Å². The number of likely N-dealkylation sites (N-methyl/N-ethyl adjacent to an activating group) is 1. The summed E-state index contributed by atoms with van der Waals surface area (Å²) in [5, 5.41) is 17.8. The van der Waals surface area contributed by atoms with Gasteiger partial charge in [-0.25, -0.2) is 4.79 Å².